The van der Waals surface area contributed by atoms with E-state index in [0.29, 0.717) is 0 Å². The third-order valence-electron chi connectivity index (χ3n) is 4.33. The maximum atomic E-state index is 6.43. The van der Waals surface area contributed by atoms with Crippen LogP contribution in [-0.4, -0.2) is 0 Å². The molecule has 0 aliphatic carbocycles. The third-order valence-corrected chi connectivity index (χ3v) is 4.33. The highest BCUT2D eigenvalue weighted by molar-refractivity contribution is 5.83. The van der Waals surface area contributed by atoms with Crippen LogP contribution in [0.1, 0.15) is 57.6 Å². The topological polar surface area (TPSA) is 26.0 Å². The van der Waals surface area contributed by atoms with E-state index in [1.54, 1.807) is 0 Å². The molecule has 0 amide bonds. The minimum atomic E-state index is 0.168. The van der Waals surface area contributed by atoms with E-state index >= 15 is 0 Å². The summed E-state index contributed by atoms with van der Waals surface area (Å²) >= 11 is 0. The molecule has 0 bridgehead atoms. The molecule has 1 heteroatoms. The first kappa shape index (κ1) is 15.1. The zero-order valence-electron chi connectivity index (χ0n) is 12.8. The van der Waals surface area contributed by atoms with Gasteiger partial charge in [-0.15, -0.1) is 0 Å². The van der Waals surface area contributed by atoms with E-state index in [1.807, 2.05) is 0 Å². The summed E-state index contributed by atoms with van der Waals surface area (Å²) in [7, 11) is 0. The van der Waals surface area contributed by atoms with Crippen molar-refractivity contribution in [2.45, 2.75) is 52.0 Å². The first-order valence-corrected chi connectivity index (χ1v) is 7.98. The quantitative estimate of drug-likeness (QED) is 0.711. The fourth-order valence-electron chi connectivity index (χ4n) is 2.92. The number of rotatable bonds is 7. The maximum Gasteiger partial charge on any atom is 0.0297 e. The Balaban J connectivity index is 2.07. The molecule has 2 N–H and O–H groups in total. The molecule has 2 aromatic rings. The maximum absolute atomic E-state index is 6.43. The molecule has 0 aromatic heterocycles. The molecule has 0 saturated carbocycles. The monoisotopic (exact) mass is 269 g/mol. The molecule has 0 heterocycles. The molecule has 1 nitrogen and oxygen atoms in total. The normalized spacial score (nSPS) is 14.3. The lowest BCUT2D eigenvalue weighted by Crippen LogP contribution is -2.15. The SMILES string of the molecule is CCCCC(CC)CC(N)c1ccc2ccccc2c1. The Bertz CT molecular complexity index is 532. The number of nitrogens with two attached hydrogens (primary N) is 1. The molecule has 0 saturated heterocycles. The number of fused-ring (bicyclic) bond motifs is 1. The van der Waals surface area contributed by atoms with E-state index in [0.717, 1.165) is 12.3 Å². The van der Waals surface area contributed by atoms with Gasteiger partial charge < -0.3 is 5.73 Å². The fourth-order valence-corrected chi connectivity index (χ4v) is 2.92. The van der Waals surface area contributed by atoms with Crippen molar-refractivity contribution in [3.05, 3.63) is 48.0 Å². The predicted molar refractivity (Wildman–Crippen MR) is 88.8 cm³/mol. The molecule has 108 valence electrons. The Morgan fingerprint density at radius 3 is 2.45 bits per heavy atom. The average Bonchev–Trinajstić information content (AvgIpc) is 2.50. The highest BCUT2D eigenvalue weighted by atomic mass is 14.6. The lowest BCUT2D eigenvalue weighted by atomic mass is 9.89. The highest BCUT2D eigenvalue weighted by Crippen LogP contribution is 2.27. The minimum absolute atomic E-state index is 0.168. The Kier molecular flexibility index (Phi) is 5.60. The third kappa shape index (κ3) is 3.83. The highest BCUT2D eigenvalue weighted by Gasteiger charge is 2.13. The summed E-state index contributed by atoms with van der Waals surface area (Å²) in [5.74, 6) is 0.761. The standard InChI is InChI=1S/C19H27N/c1-3-5-8-15(4-2)13-19(20)18-12-11-16-9-6-7-10-17(16)14-18/h6-7,9-12,14-15,19H,3-5,8,13,20H2,1-2H3. The Morgan fingerprint density at radius 1 is 1.00 bits per heavy atom. The summed E-state index contributed by atoms with van der Waals surface area (Å²) in [6.45, 7) is 4.55. The summed E-state index contributed by atoms with van der Waals surface area (Å²) in [6.07, 6.45) is 6.26. The van der Waals surface area contributed by atoms with E-state index < -0.39 is 0 Å². The fraction of sp³-hybridized carbons (Fsp3) is 0.474. The molecular weight excluding hydrogens is 242 g/mol. The van der Waals surface area contributed by atoms with Crippen LogP contribution in [-0.2, 0) is 0 Å². The van der Waals surface area contributed by atoms with Crippen LogP contribution in [0.15, 0.2) is 42.5 Å². The van der Waals surface area contributed by atoms with Gasteiger partial charge in [-0.1, -0.05) is 75.9 Å². The zero-order valence-corrected chi connectivity index (χ0v) is 12.8. The van der Waals surface area contributed by atoms with Gasteiger partial charge in [-0.3, -0.25) is 0 Å². The van der Waals surface area contributed by atoms with E-state index in [1.165, 1.54) is 42.0 Å². The van der Waals surface area contributed by atoms with Gasteiger partial charge in [0.15, 0.2) is 0 Å². The van der Waals surface area contributed by atoms with Crippen molar-refractivity contribution in [1.29, 1.82) is 0 Å². The van der Waals surface area contributed by atoms with Gasteiger partial charge in [0, 0.05) is 6.04 Å². The molecule has 2 rings (SSSR count). The van der Waals surface area contributed by atoms with Crippen molar-refractivity contribution in [2.24, 2.45) is 11.7 Å². The van der Waals surface area contributed by atoms with Gasteiger partial charge >= 0.3 is 0 Å². The van der Waals surface area contributed by atoms with Crippen LogP contribution in [0.3, 0.4) is 0 Å². The van der Waals surface area contributed by atoms with Gasteiger partial charge in [-0.05, 0) is 34.7 Å². The molecule has 2 unspecified atom stereocenters. The van der Waals surface area contributed by atoms with Crippen molar-refractivity contribution in [3.63, 3.8) is 0 Å². The number of benzene rings is 2. The minimum Gasteiger partial charge on any atom is -0.324 e. The van der Waals surface area contributed by atoms with E-state index in [4.69, 9.17) is 5.73 Å². The van der Waals surface area contributed by atoms with Gasteiger partial charge in [0.05, 0.1) is 0 Å². The summed E-state index contributed by atoms with van der Waals surface area (Å²) < 4.78 is 0. The lowest BCUT2D eigenvalue weighted by Gasteiger charge is -2.20. The van der Waals surface area contributed by atoms with Crippen molar-refractivity contribution in [2.75, 3.05) is 0 Å². The second-order valence-corrected chi connectivity index (χ2v) is 5.87. The lowest BCUT2D eigenvalue weighted by molar-refractivity contribution is 0.388. The first-order valence-electron chi connectivity index (χ1n) is 7.98. The Hall–Kier alpha value is -1.34. The van der Waals surface area contributed by atoms with Crippen LogP contribution in [0.4, 0.5) is 0 Å². The van der Waals surface area contributed by atoms with Crippen molar-refractivity contribution >= 4 is 10.8 Å². The van der Waals surface area contributed by atoms with Crippen molar-refractivity contribution in [1.82, 2.24) is 0 Å². The number of hydrogen-bond donors (Lipinski definition) is 1. The van der Waals surface area contributed by atoms with Crippen LogP contribution in [0.2, 0.25) is 0 Å². The van der Waals surface area contributed by atoms with Crippen LogP contribution < -0.4 is 5.73 Å². The zero-order chi connectivity index (χ0) is 14.4. The first-order chi connectivity index (χ1) is 9.74. The summed E-state index contributed by atoms with van der Waals surface area (Å²) in [4.78, 5) is 0. The van der Waals surface area contributed by atoms with Crippen LogP contribution >= 0.6 is 0 Å². The van der Waals surface area contributed by atoms with Gasteiger partial charge in [-0.2, -0.15) is 0 Å². The molecule has 2 atom stereocenters. The largest absolute Gasteiger partial charge is 0.324 e. The second kappa shape index (κ2) is 7.44. The van der Waals surface area contributed by atoms with Gasteiger partial charge in [-0.25, -0.2) is 0 Å². The molecule has 0 radical (unpaired) electrons. The smallest absolute Gasteiger partial charge is 0.0297 e. The molecule has 0 fully saturated rings. The summed E-state index contributed by atoms with van der Waals surface area (Å²) in [5, 5.41) is 2.59. The second-order valence-electron chi connectivity index (χ2n) is 5.87. The van der Waals surface area contributed by atoms with Crippen molar-refractivity contribution < 1.29 is 0 Å². The van der Waals surface area contributed by atoms with Crippen molar-refractivity contribution in [3.8, 4) is 0 Å². The Labute approximate surface area is 123 Å². The summed E-state index contributed by atoms with van der Waals surface area (Å²) in [5.41, 5.74) is 7.71. The molecular formula is C19H27N. The molecule has 20 heavy (non-hydrogen) atoms. The predicted octanol–water partition coefficient (Wildman–Crippen LogP) is 5.45. The van der Waals surface area contributed by atoms with Crippen LogP contribution in [0, 0.1) is 5.92 Å². The number of hydrogen-bond acceptors (Lipinski definition) is 1. The van der Waals surface area contributed by atoms with Crippen LogP contribution in [0.5, 0.6) is 0 Å². The Morgan fingerprint density at radius 2 is 1.75 bits per heavy atom. The molecule has 0 aliphatic rings. The number of unbranched alkanes of at least 4 members (excludes halogenated alkanes) is 1. The molecule has 0 aliphatic heterocycles. The van der Waals surface area contributed by atoms with E-state index in [-0.39, 0.29) is 6.04 Å². The van der Waals surface area contributed by atoms with Gasteiger partial charge in [0.1, 0.15) is 0 Å². The molecule has 2 aromatic carbocycles. The average molecular weight is 269 g/mol. The molecule has 0 spiro atoms. The van der Waals surface area contributed by atoms with Gasteiger partial charge in [0.2, 0.25) is 0 Å². The summed E-state index contributed by atoms with van der Waals surface area (Å²) in [6, 6.07) is 15.3. The van der Waals surface area contributed by atoms with Gasteiger partial charge in [0.25, 0.3) is 0 Å². The van der Waals surface area contributed by atoms with E-state index in [9.17, 15) is 0 Å². The van der Waals surface area contributed by atoms with E-state index in [2.05, 4.69) is 56.3 Å². The van der Waals surface area contributed by atoms with Crippen LogP contribution in [0.25, 0.3) is 10.8 Å².